The summed E-state index contributed by atoms with van der Waals surface area (Å²) in [6.07, 6.45) is 17.0. The van der Waals surface area contributed by atoms with Gasteiger partial charge in [0.1, 0.15) is 0 Å². The van der Waals surface area contributed by atoms with E-state index in [9.17, 15) is 4.79 Å². The van der Waals surface area contributed by atoms with Crippen molar-refractivity contribution in [3.05, 3.63) is 78.4 Å². The van der Waals surface area contributed by atoms with E-state index < -0.39 is 0 Å². The number of carbonyl (C=O) groups excluding carboxylic acids is 1. The fourth-order valence-electron chi connectivity index (χ4n) is 3.41. The van der Waals surface area contributed by atoms with E-state index in [1.807, 2.05) is 12.2 Å². The molecule has 2 heterocycles. The van der Waals surface area contributed by atoms with Crippen LogP contribution in [0.5, 0.6) is 0 Å². The summed E-state index contributed by atoms with van der Waals surface area (Å²) in [4.78, 5) is 18.9. The van der Waals surface area contributed by atoms with Crippen molar-refractivity contribution in [3.63, 3.8) is 0 Å². The van der Waals surface area contributed by atoms with Crippen molar-refractivity contribution < 1.29 is 9.53 Å². The Morgan fingerprint density at radius 2 is 2.25 bits per heavy atom. The molecule has 1 aromatic heterocycles. The fourth-order valence-corrected chi connectivity index (χ4v) is 3.41. The van der Waals surface area contributed by atoms with E-state index in [1.165, 1.54) is 18.5 Å². The van der Waals surface area contributed by atoms with Crippen LogP contribution in [-0.2, 0) is 9.53 Å². The van der Waals surface area contributed by atoms with Gasteiger partial charge in [-0.3, -0.25) is 14.7 Å². The topological polar surface area (TPSA) is 104 Å². The zero-order chi connectivity index (χ0) is 23.4. The molecule has 0 saturated carbocycles. The van der Waals surface area contributed by atoms with Gasteiger partial charge in [-0.05, 0) is 50.1 Å². The molecule has 0 spiro atoms. The molecule has 170 valence electrons. The highest BCUT2D eigenvalue weighted by Gasteiger charge is 2.26. The van der Waals surface area contributed by atoms with Crippen LogP contribution in [0.2, 0.25) is 0 Å². The number of nitrogens with one attached hydrogen (secondary N) is 2. The number of allylic oxidation sites excluding steroid dienone is 4. The van der Waals surface area contributed by atoms with Crippen LogP contribution < -0.4 is 11.1 Å². The SMILES string of the molecule is C=C/C=C(\C=C/CCN1CCOC(C)(C)C1)NC(=O)/C=C/c1cnccc1/C(C=N)=C/N. The number of nitrogens with zero attached hydrogens (tertiary/aromatic N) is 2. The Hall–Kier alpha value is -3.29. The summed E-state index contributed by atoms with van der Waals surface area (Å²) >= 11 is 0. The van der Waals surface area contributed by atoms with Gasteiger partial charge < -0.3 is 21.2 Å². The highest BCUT2D eigenvalue weighted by Crippen LogP contribution is 2.18. The molecule has 1 saturated heterocycles. The summed E-state index contributed by atoms with van der Waals surface area (Å²) in [6.45, 7) is 11.5. The number of nitrogens with two attached hydrogens (primary N) is 1. The number of aromatic nitrogens is 1. The first kappa shape index (κ1) is 25.0. The molecule has 0 bridgehead atoms. The van der Waals surface area contributed by atoms with E-state index in [0.29, 0.717) is 16.8 Å². The van der Waals surface area contributed by atoms with Gasteiger partial charge in [0.05, 0.1) is 12.2 Å². The highest BCUT2D eigenvalue weighted by molar-refractivity contribution is 6.09. The van der Waals surface area contributed by atoms with E-state index in [2.05, 4.69) is 35.6 Å². The lowest BCUT2D eigenvalue weighted by Gasteiger charge is -2.38. The van der Waals surface area contributed by atoms with Crippen LogP contribution in [0.15, 0.2) is 67.3 Å². The molecule has 32 heavy (non-hydrogen) atoms. The molecule has 7 heteroatoms. The van der Waals surface area contributed by atoms with Gasteiger partial charge in [0.25, 0.3) is 0 Å². The van der Waals surface area contributed by atoms with Gasteiger partial charge in [0.2, 0.25) is 5.91 Å². The first-order chi connectivity index (χ1) is 15.4. The maximum atomic E-state index is 12.4. The highest BCUT2D eigenvalue weighted by atomic mass is 16.5. The van der Waals surface area contributed by atoms with Gasteiger partial charge >= 0.3 is 0 Å². The van der Waals surface area contributed by atoms with Gasteiger partial charge in [-0.2, -0.15) is 0 Å². The molecule has 0 radical (unpaired) electrons. The predicted molar refractivity (Wildman–Crippen MR) is 131 cm³/mol. The third-order valence-electron chi connectivity index (χ3n) is 4.89. The van der Waals surface area contributed by atoms with E-state index in [0.717, 1.165) is 38.2 Å². The summed E-state index contributed by atoms with van der Waals surface area (Å²) in [5.41, 5.74) is 8.11. The maximum Gasteiger partial charge on any atom is 0.248 e. The molecule has 1 aromatic rings. The average molecular weight is 436 g/mol. The number of ether oxygens (including phenoxy) is 1. The Kier molecular flexibility index (Phi) is 9.78. The van der Waals surface area contributed by atoms with Gasteiger partial charge in [0.15, 0.2) is 0 Å². The van der Waals surface area contributed by atoms with Gasteiger partial charge in [0, 0.05) is 67.4 Å². The van der Waals surface area contributed by atoms with Crippen molar-refractivity contribution in [2.75, 3.05) is 26.2 Å². The van der Waals surface area contributed by atoms with Crippen LogP contribution >= 0.6 is 0 Å². The van der Waals surface area contributed by atoms with Gasteiger partial charge in [-0.1, -0.05) is 18.7 Å². The zero-order valence-corrected chi connectivity index (χ0v) is 18.9. The number of carbonyl (C=O) groups is 1. The number of pyridine rings is 1. The average Bonchev–Trinajstić information content (AvgIpc) is 2.76. The number of hydrogen-bond acceptors (Lipinski definition) is 6. The summed E-state index contributed by atoms with van der Waals surface area (Å²) in [6, 6.07) is 1.75. The Balaban J connectivity index is 1.95. The maximum absolute atomic E-state index is 12.4. The summed E-state index contributed by atoms with van der Waals surface area (Å²) < 4.78 is 5.75. The second-order valence-electron chi connectivity index (χ2n) is 7.98. The molecule has 4 N–H and O–H groups in total. The second kappa shape index (κ2) is 12.5. The molecule has 0 atom stereocenters. The van der Waals surface area contributed by atoms with E-state index in [-0.39, 0.29) is 11.5 Å². The van der Waals surface area contributed by atoms with Crippen LogP contribution in [0.4, 0.5) is 0 Å². The fraction of sp³-hybridized carbons (Fsp3) is 0.320. The molecule has 0 aliphatic carbocycles. The minimum absolute atomic E-state index is 0.107. The normalized spacial score (nSPS) is 17.6. The van der Waals surface area contributed by atoms with Crippen molar-refractivity contribution in [1.82, 2.24) is 15.2 Å². The zero-order valence-electron chi connectivity index (χ0n) is 18.9. The Morgan fingerprint density at radius 3 is 2.94 bits per heavy atom. The molecule has 1 aliphatic rings. The number of rotatable bonds is 10. The lowest BCUT2D eigenvalue weighted by atomic mass is 10.0. The van der Waals surface area contributed by atoms with Gasteiger partial charge in [-0.25, -0.2) is 0 Å². The minimum atomic E-state index is -0.277. The first-order valence-electron chi connectivity index (χ1n) is 10.6. The second-order valence-corrected chi connectivity index (χ2v) is 7.98. The molecule has 1 fully saturated rings. The van der Waals surface area contributed by atoms with E-state index in [1.54, 1.807) is 36.7 Å². The molecule has 7 nitrogen and oxygen atoms in total. The third kappa shape index (κ3) is 8.09. The Bertz CT molecular complexity index is 928. The van der Waals surface area contributed by atoms with E-state index >= 15 is 0 Å². The molecule has 1 aliphatic heterocycles. The van der Waals surface area contributed by atoms with Crippen LogP contribution in [0.1, 0.15) is 31.4 Å². The largest absolute Gasteiger partial charge is 0.404 e. The van der Waals surface area contributed by atoms with Crippen molar-refractivity contribution in [2.45, 2.75) is 25.9 Å². The lowest BCUT2D eigenvalue weighted by molar-refractivity contribution is -0.115. The molecule has 1 amide bonds. The summed E-state index contributed by atoms with van der Waals surface area (Å²) in [5.74, 6) is -0.277. The monoisotopic (exact) mass is 435 g/mol. The smallest absolute Gasteiger partial charge is 0.248 e. The quantitative estimate of drug-likeness (QED) is 0.297. The predicted octanol–water partition coefficient (Wildman–Crippen LogP) is 3.29. The standard InChI is InChI=1S/C25H33N5O2/c1-4-7-22(8-5-6-13-30-14-15-32-25(2,3)19-30)29-24(31)10-9-20-18-28-12-11-23(20)21(16-26)17-27/h4-5,7-12,16-18,26H,1,6,13-15,19,27H2,2-3H3,(H,29,31)/b8-5-,10-9+,21-17+,22-7+,26-16?. The molecule has 0 unspecified atom stereocenters. The number of hydrogen-bond donors (Lipinski definition) is 3. The van der Waals surface area contributed by atoms with Crippen LogP contribution in [0.25, 0.3) is 11.6 Å². The van der Waals surface area contributed by atoms with Crippen LogP contribution in [0, 0.1) is 5.41 Å². The van der Waals surface area contributed by atoms with E-state index in [4.69, 9.17) is 15.9 Å². The molecule has 2 rings (SSSR count). The van der Waals surface area contributed by atoms with Crippen LogP contribution in [-0.4, -0.2) is 53.8 Å². The third-order valence-corrected chi connectivity index (χ3v) is 4.89. The van der Waals surface area contributed by atoms with Crippen molar-refractivity contribution in [3.8, 4) is 0 Å². The molecular weight excluding hydrogens is 402 g/mol. The molecular formula is C25H33N5O2. The minimum Gasteiger partial charge on any atom is -0.404 e. The Morgan fingerprint density at radius 1 is 1.44 bits per heavy atom. The summed E-state index contributed by atoms with van der Waals surface area (Å²) in [5, 5.41) is 10.3. The molecule has 0 aromatic carbocycles. The Labute approximate surface area is 190 Å². The van der Waals surface area contributed by atoms with Crippen LogP contribution in [0.3, 0.4) is 0 Å². The number of morpholine rings is 1. The number of amides is 1. The van der Waals surface area contributed by atoms with Crippen molar-refractivity contribution >= 4 is 23.8 Å². The summed E-state index contributed by atoms with van der Waals surface area (Å²) in [7, 11) is 0. The first-order valence-corrected chi connectivity index (χ1v) is 10.6. The van der Waals surface area contributed by atoms with Crippen molar-refractivity contribution in [2.24, 2.45) is 5.73 Å². The lowest BCUT2D eigenvalue weighted by Crippen LogP contribution is -2.48. The van der Waals surface area contributed by atoms with Crippen molar-refractivity contribution in [1.29, 1.82) is 5.41 Å². The van der Waals surface area contributed by atoms with Gasteiger partial charge in [-0.15, -0.1) is 0 Å².